The highest BCUT2D eigenvalue weighted by Gasteiger charge is 2.54. The van der Waals surface area contributed by atoms with Crippen LogP contribution >= 0.6 is 22.9 Å². The molecule has 2 aromatic carbocycles. The molecule has 35 heavy (non-hydrogen) atoms. The van der Waals surface area contributed by atoms with Gasteiger partial charge in [-0.05, 0) is 55.0 Å². The van der Waals surface area contributed by atoms with Gasteiger partial charge in [-0.2, -0.15) is 0 Å². The van der Waals surface area contributed by atoms with Crippen LogP contribution in [0.4, 0.5) is 4.79 Å². The molecular weight excluding hydrogens is 486 g/mol. The molecule has 2 amide bonds. The normalized spacial score (nSPS) is 21.8. The summed E-state index contributed by atoms with van der Waals surface area (Å²) in [5.41, 5.74) is 2.24. The number of halogens is 1. The topological polar surface area (TPSA) is 80.8 Å². The van der Waals surface area contributed by atoms with Crippen molar-refractivity contribution in [3.63, 3.8) is 0 Å². The van der Waals surface area contributed by atoms with Gasteiger partial charge in [0.05, 0.1) is 22.5 Å². The SMILES string of the molecule is Cc1nc(C(=O)N2C[C@@H]3C[C@@H]3[C@H]2CNC(=O)Oc2cccc3c2CCO3)c(-c2cccc(Cl)c2)s1. The fourth-order valence-corrected chi connectivity index (χ4v) is 6.31. The van der Waals surface area contributed by atoms with E-state index in [1.165, 1.54) is 11.3 Å². The predicted molar refractivity (Wildman–Crippen MR) is 133 cm³/mol. The first-order chi connectivity index (χ1) is 17.0. The maximum atomic E-state index is 13.7. The molecule has 7 nitrogen and oxygen atoms in total. The van der Waals surface area contributed by atoms with Gasteiger partial charge in [-0.25, -0.2) is 9.78 Å². The maximum Gasteiger partial charge on any atom is 0.412 e. The smallest absolute Gasteiger partial charge is 0.412 e. The van der Waals surface area contributed by atoms with Crippen molar-refractivity contribution in [1.29, 1.82) is 0 Å². The Morgan fingerprint density at radius 3 is 3.00 bits per heavy atom. The minimum atomic E-state index is -0.522. The third kappa shape index (κ3) is 4.25. The number of thiazole rings is 1. The van der Waals surface area contributed by atoms with E-state index in [0.29, 0.717) is 48.0 Å². The molecule has 3 heterocycles. The first-order valence-corrected chi connectivity index (χ1v) is 12.9. The lowest BCUT2D eigenvalue weighted by Crippen LogP contribution is -2.46. The zero-order chi connectivity index (χ0) is 24.1. The van der Waals surface area contributed by atoms with Gasteiger partial charge in [-0.1, -0.05) is 29.8 Å². The number of aromatic nitrogens is 1. The number of benzene rings is 2. The summed E-state index contributed by atoms with van der Waals surface area (Å²) in [7, 11) is 0. The summed E-state index contributed by atoms with van der Waals surface area (Å²) in [6.07, 6.45) is 1.27. The molecular formula is C26H24ClN3O4S. The van der Waals surface area contributed by atoms with Gasteiger partial charge in [0.2, 0.25) is 0 Å². The minimum Gasteiger partial charge on any atom is -0.493 e. The zero-order valence-corrected chi connectivity index (χ0v) is 20.7. The molecule has 1 aromatic heterocycles. The average Bonchev–Trinajstić information content (AvgIpc) is 3.16. The van der Waals surface area contributed by atoms with Gasteiger partial charge in [0.15, 0.2) is 0 Å². The highest BCUT2D eigenvalue weighted by molar-refractivity contribution is 7.15. The summed E-state index contributed by atoms with van der Waals surface area (Å²) in [4.78, 5) is 33.5. The summed E-state index contributed by atoms with van der Waals surface area (Å²) in [5.74, 6) is 2.05. The lowest BCUT2D eigenvalue weighted by molar-refractivity contribution is 0.0700. The lowest BCUT2D eigenvalue weighted by atomic mass is 10.1. The van der Waals surface area contributed by atoms with Gasteiger partial charge < -0.3 is 19.7 Å². The molecule has 180 valence electrons. The first kappa shape index (κ1) is 22.4. The van der Waals surface area contributed by atoms with Crippen LogP contribution in [0.1, 0.15) is 27.5 Å². The van der Waals surface area contributed by atoms with Crippen LogP contribution in [-0.2, 0) is 6.42 Å². The van der Waals surface area contributed by atoms with E-state index in [2.05, 4.69) is 10.3 Å². The number of aryl methyl sites for hydroxylation is 1. The van der Waals surface area contributed by atoms with Gasteiger partial charge in [-0.3, -0.25) is 4.79 Å². The number of likely N-dealkylation sites (tertiary alicyclic amines) is 1. The van der Waals surface area contributed by atoms with Crippen LogP contribution in [0.25, 0.3) is 10.4 Å². The van der Waals surface area contributed by atoms with Gasteiger partial charge in [0.25, 0.3) is 5.91 Å². The summed E-state index contributed by atoms with van der Waals surface area (Å²) >= 11 is 7.69. The van der Waals surface area contributed by atoms with E-state index in [4.69, 9.17) is 21.1 Å². The van der Waals surface area contributed by atoms with Crippen molar-refractivity contribution in [2.45, 2.75) is 25.8 Å². The van der Waals surface area contributed by atoms with Crippen LogP contribution < -0.4 is 14.8 Å². The van der Waals surface area contributed by atoms with E-state index in [1.54, 1.807) is 6.07 Å². The fraction of sp³-hybridized carbons (Fsp3) is 0.346. The molecule has 3 aliphatic rings. The second-order valence-electron chi connectivity index (χ2n) is 9.21. The van der Waals surface area contributed by atoms with Crippen molar-refractivity contribution in [3.05, 3.63) is 63.8 Å². The molecule has 1 N–H and O–H groups in total. The second-order valence-corrected chi connectivity index (χ2v) is 10.8. The van der Waals surface area contributed by atoms with Crippen molar-refractivity contribution in [2.75, 3.05) is 19.7 Å². The number of piperidine rings is 1. The minimum absolute atomic E-state index is 0.0842. The van der Waals surface area contributed by atoms with Crippen molar-refractivity contribution in [3.8, 4) is 21.9 Å². The van der Waals surface area contributed by atoms with E-state index in [0.717, 1.165) is 39.6 Å². The molecule has 3 atom stereocenters. The summed E-state index contributed by atoms with van der Waals surface area (Å²) in [6.45, 7) is 3.51. The van der Waals surface area contributed by atoms with Crippen LogP contribution in [0.15, 0.2) is 42.5 Å². The summed E-state index contributed by atoms with van der Waals surface area (Å²) < 4.78 is 11.1. The van der Waals surface area contributed by atoms with Gasteiger partial charge >= 0.3 is 6.09 Å². The largest absolute Gasteiger partial charge is 0.493 e. The molecule has 9 heteroatoms. The van der Waals surface area contributed by atoms with E-state index in [1.807, 2.05) is 48.2 Å². The molecule has 0 bridgehead atoms. The highest BCUT2D eigenvalue weighted by atomic mass is 35.5. The summed E-state index contributed by atoms with van der Waals surface area (Å²) in [6, 6.07) is 12.9. The number of amides is 2. The second kappa shape index (κ2) is 8.84. The Balaban J connectivity index is 1.17. The predicted octanol–water partition coefficient (Wildman–Crippen LogP) is 4.96. The Kier molecular flexibility index (Phi) is 5.65. The molecule has 1 saturated carbocycles. The molecule has 1 saturated heterocycles. The third-order valence-electron chi connectivity index (χ3n) is 6.95. The van der Waals surface area contributed by atoms with Crippen molar-refractivity contribution in [2.24, 2.45) is 11.8 Å². The Hall–Kier alpha value is -3.10. The van der Waals surface area contributed by atoms with Crippen molar-refractivity contribution < 1.29 is 19.1 Å². The number of carbonyl (C=O) groups excluding carboxylic acids is 2. The number of carbonyl (C=O) groups is 2. The van der Waals surface area contributed by atoms with E-state index in [9.17, 15) is 9.59 Å². The Morgan fingerprint density at radius 1 is 1.29 bits per heavy atom. The highest BCUT2D eigenvalue weighted by Crippen LogP contribution is 2.50. The van der Waals surface area contributed by atoms with E-state index >= 15 is 0 Å². The quantitative estimate of drug-likeness (QED) is 0.526. The average molecular weight is 510 g/mol. The standard InChI is InChI=1S/C26H24ClN3O4S/c1-14-29-23(24(35-14)15-4-2-5-17(27)10-15)25(31)30-13-16-11-19(16)20(30)12-28-26(32)34-22-7-3-6-21-18(22)8-9-33-21/h2-7,10,16,19-20H,8-9,11-13H2,1H3,(H,28,32)/t16-,19-,20+/m0/s1. The fourth-order valence-electron chi connectivity index (χ4n) is 5.21. The lowest BCUT2D eigenvalue weighted by Gasteiger charge is -2.27. The zero-order valence-electron chi connectivity index (χ0n) is 19.1. The maximum absolute atomic E-state index is 13.7. The molecule has 0 unspecified atom stereocenters. The Labute approximate surface area is 212 Å². The monoisotopic (exact) mass is 509 g/mol. The van der Waals surface area contributed by atoms with Crippen molar-refractivity contribution >= 4 is 34.9 Å². The third-order valence-corrected chi connectivity index (χ3v) is 8.20. The molecule has 3 aromatic rings. The number of nitrogens with zero attached hydrogens (tertiary/aromatic N) is 2. The number of nitrogens with one attached hydrogen (secondary N) is 1. The Bertz CT molecular complexity index is 1330. The van der Waals surface area contributed by atoms with Crippen LogP contribution in [0.3, 0.4) is 0 Å². The number of hydrogen-bond donors (Lipinski definition) is 1. The van der Waals surface area contributed by atoms with Crippen LogP contribution in [0, 0.1) is 18.8 Å². The number of fused-ring (bicyclic) bond motifs is 2. The van der Waals surface area contributed by atoms with Crippen LogP contribution in [0.5, 0.6) is 11.5 Å². The molecule has 0 radical (unpaired) electrons. The molecule has 0 spiro atoms. The van der Waals surface area contributed by atoms with E-state index < -0.39 is 6.09 Å². The van der Waals surface area contributed by atoms with Crippen LogP contribution in [0.2, 0.25) is 5.02 Å². The van der Waals surface area contributed by atoms with Gasteiger partial charge in [0.1, 0.15) is 17.2 Å². The van der Waals surface area contributed by atoms with Crippen molar-refractivity contribution in [1.82, 2.24) is 15.2 Å². The van der Waals surface area contributed by atoms with E-state index in [-0.39, 0.29) is 11.9 Å². The van der Waals surface area contributed by atoms with Gasteiger partial charge in [-0.15, -0.1) is 11.3 Å². The first-order valence-electron chi connectivity index (χ1n) is 11.7. The number of ether oxygens (including phenoxy) is 2. The molecule has 6 rings (SSSR count). The molecule has 2 aliphatic heterocycles. The number of hydrogen-bond acceptors (Lipinski definition) is 6. The summed E-state index contributed by atoms with van der Waals surface area (Å²) in [5, 5.41) is 4.33. The molecule has 2 fully saturated rings. The number of rotatable bonds is 5. The van der Waals surface area contributed by atoms with Gasteiger partial charge in [0, 0.05) is 30.1 Å². The van der Waals surface area contributed by atoms with Crippen LogP contribution in [-0.4, -0.2) is 47.6 Å². The molecule has 1 aliphatic carbocycles. The Morgan fingerprint density at radius 2 is 2.14 bits per heavy atom.